The first kappa shape index (κ1) is 20.0. The van der Waals surface area contributed by atoms with Gasteiger partial charge in [-0.1, -0.05) is 0 Å². The Kier molecular flexibility index (Phi) is 5.14. The zero-order valence-corrected chi connectivity index (χ0v) is 16.6. The van der Waals surface area contributed by atoms with E-state index in [1.54, 1.807) is 0 Å². The van der Waals surface area contributed by atoms with Crippen molar-refractivity contribution in [2.45, 2.75) is 96.3 Å². The van der Waals surface area contributed by atoms with Gasteiger partial charge in [-0.25, -0.2) is 4.79 Å². The van der Waals surface area contributed by atoms with Crippen LogP contribution in [0.1, 0.15) is 48.5 Å². The topological polar surface area (TPSA) is 81.7 Å². The van der Waals surface area contributed by atoms with Gasteiger partial charge in [0.15, 0.2) is 17.9 Å². The van der Waals surface area contributed by atoms with Gasteiger partial charge in [-0.2, -0.15) is 0 Å². The number of ether oxygens (including phenoxy) is 7. The van der Waals surface area contributed by atoms with Gasteiger partial charge in [0.25, 0.3) is 0 Å². The second kappa shape index (κ2) is 6.68. The minimum Gasteiger partial charge on any atom is -0.458 e. The van der Waals surface area contributed by atoms with Crippen LogP contribution in [0.3, 0.4) is 0 Å². The minimum atomic E-state index is -0.778. The molecule has 1 unspecified atom stereocenters. The van der Waals surface area contributed by atoms with Crippen LogP contribution >= 0.6 is 0 Å². The van der Waals surface area contributed by atoms with Crippen molar-refractivity contribution in [3.63, 3.8) is 0 Å². The standard InChI is InChI=1S/C18H30O8/c1-16(2,3)24-11(19)9-20-13-12(10-8-21-17(4,5)23-10)22-15-14(13)25-18(6,7)26-15/h10,12-15H,8-9H2,1-7H3/t10?,12-,13+,14-,15-/m1/s1. The lowest BCUT2D eigenvalue weighted by molar-refractivity contribution is -0.236. The predicted molar refractivity (Wildman–Crippen MR) is 89.2 cm³/mol. The van der Waals surface area contributed by atoms with Gasteiger partial charge in [0.05, 0.1) is 6.61 Å². The van der Waals surface area contributed by atoms with E-state index in [0.717, 1.165) is 0 Å². The van der Waals surface area contributed by atoms with Crippen molar-refractivity contribution in [2.75, 3.05) is 13.2 Å². The van der Waals surface area contributed by atoms with Crippen LogP contribution in [0.2, 0.25) is 0 Å². The molecular formula is C18H30O8. The lowest BCUT2D eigenvalue weighted by Gasteiger charge is -2.29. The molecule has 0 aromatic carbocycles. The van der Waals surface area contributed by atoms with Crippen molar-refractivity contribution in [3.05, 3.63) is 0 Å². The van der Waals surface area contributed by atoms with Crippen LogP contribution in [0.15, 0.2) is 0 Å². The molecule has 0 N–H and O–H groups in total. The van der Waals surface area contributed by atoms with Crippen molar-refractivity contribution in [1.29, 1.82) is 0 Å². The van der Waals surface area contributed by atoms with Crippen LogP contribution in [0.4, 0.5) is 0 Å². The molecule has 0 saturated carbocycles. The highest BCUT2D eigenvalue weighted by Gasteiger charge is 2.59. The summed E-state index contributed by atoms with van der Waals surface area (Å²) in [6, 6.07) is 0. The number of rotatable bonds is 4. The van der Waals surface area contributed by atoms with Crippen LogP contribution < -0.4 is 0 Å². The van der Waals surface area contributed by atoms with Gasteiger partial charge in [-0.15, -0.1) is 0 Å². The molecule has 0 amide bonds. The molecule has 3 aliphatic rings. The van der Waals surface area contributed by atoms with Gasteiger partial charge in [-0.05, 0) is 48.5 Å². The lowest BCUT2D eigenvalue weighted by Crippen LogP contribution is -2.45. The number of esters is 1. The summed E-state index contributed by atoms with van der Waals surface area (Å²) in [6.07, 6.45) is -2.37. The molecule has 5 atom stereocenters. The molecule has 3 aliphatic heterocycles. The van der Waals surface area contributed by atoms with Gasteiger partial charge in [0.1, 0.15) is 36.6 Å². The average Bonchev–Trinajstić information content (AvgIpc) is 3.04. The predicted octanol–water partition coefficient (Wildman–Crippen LogP) is 1.74. The third-order valence-corrected chi connectivity index (χ3v) is 4.24. The quantitative estimate of drug-likeness (QED) is 0.689. The summed E-state index contributed by atoms with van der Waals surface area (Å²) in [6.45, 7) is 12.9. The van der Waals surface area contributed by atoms with Crippen molar-refractivity contribution < 1.29 is 38.0 Å². The fraction of sp³-hybridized carbons (Fsp3) is 0.944. The van der Waals surface area contributed by atoms with E-state index < -0.39 is 47.7 Å². The zero-order valence-electron chi connectivity index (χ0n) is 16.6. The molecule has 0 bridgehead atoms. The Morgan fingerprint density at radius 1 is 1.04 bits per heavy atom. The molecule has 0 spiro atoms. The average molecular weight is 374 g/mol. The summed E-state index contributed by atoms with van der Waals surface area (Å²) in [4.78, 5) is 12.0. The van der Waals surface area contributed by atoms with Crippen molar-refractivity contribution >= 4 is 5.97 Å². The second-order valence-electron chi connectivity index (χ2n) is 8.80. The van der Waals surface area contributed by atoms with Crippen LogP contribution in [0.5, 0.6) is 0 Å². The Bertz CT molecular complexity index is 538. The second-order valence-corrected chi connectivity index (χ2v) is 8.80. The van der Waals surface area contributed by atoms with E-state index in [1.807, 2.05) is 48.5 Å². The van der Waals surface area contributed by atoms with Crippen LogP contribution in [-0.4, -0.2) is 67.1 Å². The largest absolute Gasteiger partial charge is 0.458 e. The van der Waals surface area contributed by atoms with E-state index in [1.165, 1.54) is 0 Å². The fourth-order valence-corrected chi connectivity index (χ4v) is 3.41. The van der Waals surface area contributed by atoms with Gasteiger partial charge < -0.3 is 33.2 Å². The van der Waals surface area contributed by atoms with Crippen molar-refractivity contribution in [2.24, 2.45) is 0 Å². The van der Waals surface area contributed by atoms with E-state index in [0.29, 0.717) is 6.61 Å². The number of hydrogen-bond donors (Lipinski definition) is 0. The van der Waals surface area contributed by atoms with Gasteiger partial charge >= 0.3 is 5.97 Å². The molecule has 8 heteroatoms. The third kappa shape index (κ3) is 4.55. The molecule has 3 rings (SSSR count). The monoisotopic (exact) mass is 374 g/mol. The van der Waals surface area contributed by atoms with E-state index in [4.69, 9.17) is 33.2 Å². The minimum absolute atomic E-state index is 0.203. The number of hydrogen-bond acceptors (Lipinski definition) is 8. The summed E-state index contributed by atoms with van der Waals surface area (Å²) in [5.74, 6) is -1.91. The van der Waals surface area contributed by atoms with Crippen molar-refractivity contribution in [3.8, 4) is 0 Å². The molecule has 0 aromatic heterocycles. The smallest absolute Gasteiger partial charge is 0.332 e. The Hall–Kier alpha value is -0.770. The molecule has 3 fully saturated rings. The SMILES string of the molecule is CC(C)(C)OC(=O)CO[C@@H]1[C@H]2OC(C)(C)O[C@H]2O[C@@H]1C1COC(C)(C)O1. The number of fused-ring (bicyclic) bond motifs is 1. The molecular weight excluding hydrogens is 344 g/mol. The molecule has 3 heterocycles. The summed E-state index contributed by atoms with van der Waals surface area (Å²) in [5, 5.41) is 0. The molecule has 0 aliphatic carbocycles. The maximum absolute atomic E-state index is 12.0. The Morgan fingerprint density at radius 3 is 2.31 bits per heavy atom. The van der Waals surface area contributed by atoms with E-state index in [2.05, 4.69) is 0 Å². The zero-order chi connectivity index (χ0) is 19.3. The highest BCUT2D eigenvalue weighted by atomic mass is 16.8. The van der Waals surface area contributed by atoms with E-state index in [9.17, 15) is 4.79 Å². The first-order valence-electron chi connectivity index (χ1n) is 9.02. The Labute approximate surface area is 154 Å². The van der Waals surface area contributed by atoms with Crippen LogP contribution in [-0.2, 0) is 38.0 Å². The van der Waals surface area contributed by atoms with Crippen molar-refractivity contribution in [1.82, 2.24) is 0 Å². The Balaban J connectivity index is 1.68. The summed E-state index contributed by atoms with van der Waals surface area (Å²) in [5.41, 5.74) is -0.573. The summed E-state index contributed by atoms with van der Waals surface area (Å²) >= 11 is 0. The molecule has 26 heavy (non-hydrogen) atoms. The third-order valence-electron chi connectivity index (χ3n) is 4.24. The first-order valence-corrected chi connectivity index (χ1v) is 9.02. The molecule has 3 saturated heterocycles. The maximum Gasteiger partial charge on any atom is 0.332 e. The van der Waals surface area contributed by atoms with Gasteiger partial charge in [-0.3, -0.25) is 0 Å². The van der Waals surface area contributed by atoms with Crippen LogP contribution in [0, 0.1) is 0 Å². The molecule has 150 valence electrons. The molecule has 0 radical (unpaired) electrons. The summed E-state index contributed by atoms with van der Waals surface area (Å²) in [7, 11) is 0. The number of carbonyl (C=O) groups is 1. The highest BCUT2D eigenvalue weighted by Crippen LogP contribution is 2.41. The Morgan fingerprint density at radius 2 is 1.73 bits per heavy atom. The summed E-state index contributed by atoms with van der Waals surface area (Å²) < 4.78 is 40.5. The van der Waals surface area contributed by atoms with Gasteiger partial charge in [0, 0.05) is 0 Å². The van der Waals surface area contributed by atoms with Crippen LogP contribution in [0.25, 0.3) is 0 Å². The van der Waals surface area contributed by atoms with Gasteiger partial charge in [0.2, 0.25) is 0 Å². The normalized spacial score (nSPS) is 38.3. The van der Waals surface area contributed by atoms with E-state index in [-0.39, 0.29) is 12.7 Å². The fourth-order valence-electron chi connectivity index (χ4n) is 3.41. The maximum atomic E-state index is 12.0. The lowest BCUT2D eigenvalue weighted by atomic mass is 10.1. The molecule has 8 nitrogen and oxygen atoms in total. The number of carbonyl (C=O) groups excluding carboxylic acids is 1. The highest BCUT2D eigenvalue weighted by molar-refractivity contribution is 5.71. The molecule has 0 aromatic rings. The first-order chi connectivity index (χ1) is 11.9. The van der Waals surface area contributed by atoms with E-state index >= 15 is 0 Å².